The molecule has 1 N–H and O–H groups in total. The molecule has 1 fully saturated rings. The summed E-state index contributed by atoms with van der Waals surface area (Å²) in [6.45, 7) is 3.50. The molecule has 0 spiro atoms. The van der Waals surface area contributed by atoms with Crippen molar-refractivity contribution in [2.24, 2.45) is 0 Å². The van der Waals surface area contributed by atoms with Crippen LogP contribution in [0.1, 0.15) is 23.7 Å². The van der Waals surface area contributed by atoms with Crippen LogP contribution in [-0.2, 0) is 0 Å². The lowest BCUT2D eigenvalue weighted by atomic mass is 10.1. The van der Waals surface area contributed by atoms with Crippen molar-refractivity contribution in [1.82, 2.24) is 4.90 Å². The molecular formula is C14H19N3O3S. The van der Waals surface area contributed by atoms with Crippen LogP contribution in [0.5, 0.6) is 0 Å². The SMILES string of the molecule is CCC1CN(C(=O)c2cccc([N+](=O)[O-])c2NC)CCS1. The van der Waals surface area contributed by atoms with Crippen LogP contribution in [0.4, 0.5) is 11.4 Å². The first-order chi connectivity index (χ1) is 10.1. The van der Waals surface area contributed by atoms with Gasteiger partial charge in [-0.05, 0) is 12.5 Å². The van der Waals surface area contributed by atoms with Crippen molar-refractivity contribution in [2.45, 2.75) is 18.6 Å². The molecule has 1 unspecified atom stereocenters. The third kappa shape index (κ3) is 3.29. The van der Waals surface area contributed by atoms with Gasteiger partial charge in [-0.1, -0.05) is 13.0 Å². The van der Waals surface area contributed by atoms with Crippen LogP contribution in [-0.4, -0.2) is 46.9 Å². The Balaban J connectivity index is 2.30. The van der Waals surface area contributed by atoms with Gasteiger partial charge in [-0.2, -0.15) is 11.8 Å². The van der Waals surface area contributed by atoms with Gasteiger partial charge in [-0.3, -0.25) is 14.9 Å². The number of carbonyl (C=O) groups is 1. The second-order valence-electron chi connectivity index (χ2n) is 4.86. The van der Waals surface area contributed by atoms with Crippen molar-refractivity contribution in [1.29, 1.82) is 0 Å². The summed E-state index contributed by atoms with van der Waals surface area (Å²) < 4.78 is 0. The van der Waals surface area contributed by atoms with Crippen molar-refractivity contribution >= 4 is 29.0 Å². The molecule has 1 aromatic carbocycles. The third-order valence-corrected chi connectivity index (χ3v) is 4.97. The first kappa shape index (κ1) is 15.6. The Hall–Kier alpha value is -1.76. The number of para-hydroxylation sites is 1. The average Bonchev–Trinajstić information content (AvgIpc) is 2.53. The van der Waals surface area contributed by atoms with E-state index in [1.54, 1.807) is 24.1 Å². The predicted molar refractivity (Wildman–Crippen MR) is 85.1 cm³/mol. The summed E-state index contributed by atoms with van der Waals surface area (Å²) in [7, 11) is 1.60. The molecular weight excluding hydrogens is 290 g/mol. The number of rotatable bonds is 4. The molecule has 114 valence electrons. The normalized spacial score (nSPS) is 18.4. The lowest BCUT2D eigenvalue weighted by molar-refractivity contribution is -0.384. The van der Waals surface area contributed by atoms with Gasteiger partial charge < -0.3 is 10.2 Å². The number of anilines is 1. The van der Waals surface area contributed by atoms with Gasteiger partial charge in [0.05, 0.1) is 10.5 Å². The summed E-state index contributed by atoms with van der Waals surface area (Å²) in [6, 6.07) is 4.61. The van der Waals surface area contributed by atoms with Gasteiger partial charge in [-0.25, -0.2) is 0 Å². The second-order valence-corrected chi connectivity index (χ2v) is 6.27. The number of benzene rings is 1. The zero-order valence-corrected chi connectivity index (χ0v) is 13.0. The van der Waals surface area contributed by atoms with Gasteiger partial charge in [-0.15, -0.1) is 0 Å². The number of carbonyl (C=O) groups excluding carboxylic acids is 1. The molecule has 1 heterocycles. The summed E-state index contributed by atoms with van der Waals surface area (Å²) in [5, 5.41) is 14.3. The number of nitrogens with one attached hydrogen (secondary N) is 1. The smallest absolute Gasteiger partial charge is 0.293 e. The van der Waals surface area contributed by atoms with E-state index in [2.05, 4.69) is 12.2 Å². The highest BCUT2D eigenvalue weighted by Crippen LogP contribution is 2.30. The van der Waals surface area contributed by atoms with Crippen molar-refractivity contribution in [3.8, 4) is 0 Å². The van der Waals surface area contributed by atoms with E-state index in [0.29, 0.717) is 29.6 Å². The topological polar surface area (TPSA) is 75.5 Å². The van der Waals surface area contributed by atoms with Crippen molar-refractivity contribution in [2.75, 3.05) is 31.2 Å². The van der Waals surface area contributed by atoms with E-state index in [0.717, 1.165) is 12.2 Å². The van der Waals surface area contributed by atoms with E-state index in [1.807, 2.05) is 11.8 Å². The molecule has 1 saturated heterocycles. The van der Waals surface area contributed by atoms with Gasteiger partial charge in [0.15, 0.2) is 0 Å². The Morgan fingerprint density at radius 2 is 2.33 bits per heavy atom. The molecule has 1 atom stereocenters. The summed E-state index contributed by atoms with van der Waals surface area (Å²) in [5.74, 6) is 0.774. The van der Waals surface area contributed by atoms with Crippen molar-refractivity contribution in [3.05, 3.63) is 33.9 Å². The fraction of sp³-hybridized carbons (Fsp3) is 0.500. The maximum absolute atomic E-state index is 12.7. The summed E-state index contributed by atoms with van der Waals surface area (Å²) in [5.41, 5.74) is 0.592. The Kier molecular flexibility index (Phi) is 5.06. The number of nitro groups is 1. The van der Waals surface area contributed by atoms with Crippen LogP contribution in [0.15, 0.2) is 18.2 Å². The molecule has 1 amide bonds. The van der Waals surface area contributed by atoms with Crippen LogP contribution >= 0.6 is 11.8 Å². The van der Waals surface area contributed by atoms with Crippen LogP contribution in [0.25, 0.3) is 0 Å². The number of hydrogen-bond acceptors (Lipinski definition) is 5. The highest BCUT2D eigenvalue weighted by molar-refractivity contribution is 8.00. The maximum atomic E-state index is 12.7. The Morgan fingerprint density at radius 3 is 2.95 bits per heavy atom. The first-order valence-electron chi connectivity index (χ1n) is 6.94. The van der Waals surface area contributed by atoms with E-state index in [1.165, 1.54) is 6.07 Å². The minimum Gasteiger partial charge on any atom is -0.382 e. The standard InChI is InChI=1S/C14H19N3O3S/c1-3-10-9-16(7-8-21-10)14(18)11-5-4-6-12(17(19)20)13(11)15-2/h4-6,10,15H,3,7-9H2,1-2H3. The second kappa shape index (κ2) is 6.80. The predicted octanol–water partition coefficient (Wildman–Crippen LogP) is 2.60. The van der Waals surface area contributed by atoms with E-state index in [4.69, 9.17) is 0 Å². The molecule has 6 nitrogen and oxygen atoms in total. The fourth-order valence-electron chi connectivity index (χ4n) is 2.45. The Morgan fingerprint density at radius 1 is 1.57 bits per heavy atom. The lowest BCUT2D eigenvalue weighted by Gasteiger charge is -2.32. The molecule has 1 aromatic rings. The number of nitrogens with zero attached hydrogens (tertiary/aromatic N) is 2. The fourth-order valence-corrected chi connectivity index (χ4v) is 3.63. The molecule has 7 heteroatoms. The van der Waals surface area contributed by atoms with E-state index < -0.39 is 4.92 Å². The van der Waals surface area contributed by atoms with Crippen LogP contribution in [0.2, 0.25) is 0 Å². The van der Waals surface area contributed by atoms with Crippen LogP contribution in [0, 0.1) is 10.1 Å². The molecule has 0 bridgehead atoms. The van der Waals surface area contributed by atoms with Gasteiger partial charge in [0.25, 0.3) is 11.6 Å². The molecule has 0 saturated carbocycles. The minimum atomic E-state index is -0.469. The average molecular weight is 309 g/mol. The van der Waals surface area contributed by atoms with Crippen LogP contribution < -0.4 is 5.32 Å². The van der Waals surface area contributed by atoms with E-state index in [-0.39, 0.29) is 11.6 Å². The van der Waals surface area contributed by atoms with E-state index >= 15 is 0 Å². The zero-order valence-electron chi connectivity index (χ0n) is 12.2. The van der Waals surface area contributed by atoms with Gasteiger partial charge in [0.2, 0.25) is 0 Å². The van der Waals surface area contributed by atoms with Crippen molar-refractivity contribution < 1.29 is 9.72 Å². The molecule has 0 radical (unpaired) electrons. The number of nitro benzene ring substituents is 1. The lowest BCUT2D eigenvalue weighted by Crippen LogP contribution is -2.42. The molecule has 0 aliphatic carbocycles. The highest BCUT2D eigenvalue weighted by atomic mass is 32.2. The Labute approximate surface area is 128 Å². The summed E-state index contributed by atoms with van der Waals surface area (Å²) >= 11 is 1.88. The molecule has 1 aliphatic rings. The van der Waals surface area contributed by atoms with Crippen molar-refractivity contribution in [3.63, 3.8) is 0 Å². The Bertz CT molecular complexity index is 550. The summed E-state index contributed by atoms with van der Waals surface area (Å²) in [4.78, 5) is 25.1. The number of hydrogen-bond donors (Lipinski definition) is 1. The molecule has 1 aliphatic heterocycles. The van der Waals surface area contributed by atoms with Gasteiger partial charge in [0.1, 0.15) is 5.69 Å². The third-order valence-electron chi connectivity index (χ3n) is 3.60. The highest BCUT2D eigenvalue weighted by Gasteiger charge is 2.27. The monoisotopic (exact) mass is 309 g/mol. The largest absolute Gasteiger partial charge is 0.382 e. The van der Waals surface area contributed by atoms with Gasteiger partial charge >= 0.3 is 0 Å². The quantitative estimate of drug-likeness (QED) is 0.683. The molecule has 2 rings (SSSR count). The molecule has 0 aromatic heterocycles. The first-order valence-corrected chi connectivity index (χ1v) is 7.99. The summed E-state index contributed by atoms with van der Waals surface area (Å²) in [6.07, 6.45) is 1.02. The number of thioether (sulfide) groups is 1. The van der Waals surface area contributed by atoms with E-state index in [9.17, 15) is 14.9 Å². The zero-order chi connectivity index (χ0) is 15.4. The maximum Gasteiger partial charge on any atom is 0.293 e. The minimum absolute atomic E-state index is 0.0678. The number of amides is 1. The molecule has 21 heavy (non-hydrogen) atoms. The van der Waals surface area contributed by atoms with Crippen LogP contribution in [0.3, 0.4) is 0 Å². The van der Waals surface area contributed by atoms with Gasteiger partial charge in [0, 0.05) is 37.2 Å².